The first-order chi connectivity index (χ1) is 13.3. The summed E-state index contributed by atoms with van der Waals surface area (Å²) in [5.74, 6) is 1.68. The van der Waals surface area contributed by atoms with Crippen molar-refractivity contribution in [1.29, 1.82) is 0 Å². The predicted octanol–water partition coefficient (Wildman–Crippen LogP) is 5.29. The third kappa shape index (κ3) is 5.42. The van der Waals surface area contributed by atoms with Gasteiger partial charge < -0.3 is 9.47 Å². The van der Waals surface area contributed by atoms with Gasteiger partial charge in [0.15, 0.2) is 5.78 Å². The van der Waals surface area contributed by atoms with E-state index in [9.17, 15) is 4.79 Å². The zero-order valence-corrected chi connectivity index (χ0v) is 16.3. The molecule has 3 nitrogen and oxygen atoms in total. The van der Waals surface area contributed by atoms with Crippen molar-refractivity contribution in [2.24, 2.45) is 0 Å². The molecule has 0 radical (unpaired) electrons. The normalized spacial score (nSPS) is 10.4. The van der Waals surface area contributed by atoms with E-state index in [1.54, 1.807) is 0 Å². The molecule has 27 heavy (non-hydrogen) atoms. The number of hydrogen-bond donors (Lipinski definition) is 0. The van der Waals surface area contributed by atoms with Crippen molar-refractivity contribution < 1.29 is 14.3 Å². The fraction of sp³-hybridized carbons (Fsp3) is 0.174. The van der Waals surface area contributed by atoms with Gasteiger partial charge in [0.1, 0.15) is 24.7 Å². The highest BCUT2D eigenvalue weighted by Crippen LogP contribution is 2.22. The first-order valence-corrected chi connectivity index (χ1v) is 9.79. The fourth-order valence-electron chi connectivity index (χ4n) is 2.86. The molecule has 4 heteroatoms. The lowest BCUT2D eigenvalue weighted by atomic mass is 9.96. The number of para-hydroxylation sites is 2. The standard InChI is InChI=1S/C23H23O3P/c24-22(14-15-27)23-18(16-25-20-10-3-1-4-11-20)8-7-9-19(23)17-26-21-12-5-2-6-13-21/h1-13H,14-17,27H2. The van der Waals surface area contributed by atoms with E-state index >= 15 is 0 Å². The van der Waals surface area contributed by atoms with Gasteiger partial charge in [-0.05, 0) is 30.4 Å². The van der Waals surface area contributed by atoms with Crippen LogP contribution in [0.5, 0.6) is 11.5 Å². The van der Waals surface area contributed by atoms with Crippen LogP contribution in [0.15, 0.2) is 78.9 Å². The van der Waals surface area contributed by atoms with Crippen LogP contribution >= 0.6 is 9.24 Å². The van der Waals surface area contributed by atoms with Crippen LogP contribution in [0.4, 0.5) is 0 Å². The summed E-state index contributed by atoms with van der Waals surface area (Å²) in [5.41, 5.74) is 2.49. The van der Waals surface area contributed by atoms with E-state index in [4.69, 9.17) is 9.47 Å². The Morgan fingerprint density at radius 2 is 1.19 bits per heavy atom. The van der Waals surface area contributed by atoms with Crippen molar-refractivity contribution in [3.63, 3.8) is 0 Å². The predicted molar refractivity (Wildman–Crippen MR) is 112 cm³/mol. The van der Waals surface area contributed by atoms with Crippen LogP contribution < -0.4 is 9.47 Å². The van der Waals surface area contributed by atoms with Crippen LogP contribution in [-0.2, 0) is 13.2 Å². The van der Waals surface area contributed by atoms with Crippen LogP contribution in [0.3, 0.4) is 0 Å². The molecule has 0 saturated heterocycles. The first-order valence-electron chi connectivity index (χ1n) is 8.97. The van der Waals surface area contributed by atoms with Crippen molar-refractivity contribution in [2.75, 3.05) is 6.16 Å². The highest BCUT2D eigenvalue weighted by molar-refractivity contribution is 7.16. The van der Waals surface area contributed by atoms with Crippen LogP contribution in [-0.4, -0.2) is 11.9 Å². The molecule has 0 fully saturated rings. The molecule has 3 aromatic carbocycles. The topological polar surface area (TPSA) is 35.5 Å². The van der Waals surface area contributed by atoms with E-state index in [1.807, 2.05) is 78.9 Å². The maximum atomic E-state index is 12.8. The zero-order valence-electron chi connectivity index (χ0n) is 15.1. The third-order valence-electron chi connectivity index (χ3n) is 4.16. The van der Waals surface area contributed by atoms with Crippen LogP contribution in [0.25, 0.3) is 0 Å². The van der Waals surface area contributed by atoms with Gasteiger partial charge in [0, 0.05) is 23.1 Å². The summed E-state index contributed by atoms with van der Waals surface area (Å²) in [7, 11) is 2.61. The van der Waals surface area contributed by atoms with Crippen molar-refractivity contribution in [1.82, 2.24) is 0 Å². The molecule has 0 spiro atoms. The number of benzene rings is 3. The van der Waals surface area contributed by atoms with E-state index in [-0.39, 0.29) is 5.78 Å². The quantitative estimate of drug-likeness (QED) is 0.375. The minimum absolute atomic E-state index is 0.115. The average molecular weight is 378 g/mol. The zero-order chi connectivity index (χ0) is 18.9. The van der Waals surface area contributed by atoms with Crippen LogP contribution in [0.1, 0.15) is 27.9 Å². The summed E-state index contributed by atoms with van der Waals surface area (Å²) in [4.78, 5) is 12.8. The fourth-order valence-corrected chi connectivity index (χ4v) is 3.13. The van der Waals surface area contributed by atoms with E-state index < -0.39 is 0 Å². The Hall–Kier alpha value is -2.64. The molecule has 1 unspecified atom stereocenters. The second-order valence-electron chi connectivity index (χ2n) is 6.12. The molecule has 0 saturated carbocycles. The lowest BCUT2D eigenvalue weighted by Gasteiger charge is -2.15. The largest absolute Gasteiger partial charge is 0.489 e. The molecule has 3 aromatic rings. The summed E-state index contributed by atoms with van der Waals surface area (Å²) in [6.45, 7) is 0.697. The van der Waals surface area contributed by atoms with E-state index in [0.717, 1.165) is 28.8 Å². The minimum atomic E-state index is 0.115. The molecular weight excluding hydrogens is 355 g/mol. The lowest BCUT2D eigenvalue weighted by molar-refractivity contribution is 0.0984. The van der Waals surface area contributed by atoms with Gasteiger partial charge in [-0.15, -0.1) is 9.24 Å². The Morgan fingerprint density at radius 1 is 0.704 bits per heavy atom. The number of rotatable bonds is 9. The minimum Gasteiger partial charge on any atom is -0.489 e. The molecule has 0 aliphatic carbocycles. The maximum absolute atomic E-state index is 12.8. The lowest BCUT2D eigenvalue weighted by Crippen LogP contribution is -2.12. The summed E-state index contributed by atoms with van der Waals surface area (Å²) < 4.78 is 11.8. The molecule has 0 heterocycles. The molecule has 0 aromatic heterocycles. The van der Waals surface area contributed by atoms with Crippen LogP contribution in [0.2, 0.25) is 0 Å². The number of carbonyl (C=O) groups excluding carboxylic acids is 1. The Labute approximate surface area is 162 Å². The number of ketones is 1. The maximum Gasteiger partial charge on any atom is 0.164 e. The third-order valence-corrected chi connectivity index (χ3v) is 4.45. The van der Waals surface area contributed by atoms with Gasteiger partial charge in [-0.25, -0.2) is 0 Å². The summed E-state index contributed by atoms with van der Waals surface area (Å²) >= 11 is 0. The molecule has 138 valence electrons. The van der Waals surface area contributed by atoms with Crippen molar-refractivity contribution >= 4 is 15.0 Å². The molecule has 0 aliphatic rings. The van der Waals surface area contributed by atoms with Crippen LogP contribution in [0, 0.1) is 0 Å². The van der Waals surface area contributed by atoms with E-state index in [1.165, 1.54) is 0 Å². The van der Waals surface area contributed by atoms with Gasteiger partial charge in [0.2, 0.25) is 0 Å². The smallest absolute Gasteiger partial charge is 0.164 e. The molecule has 1 atom stereocenters. The van der Waals surface area contributed by atoms with Crippen molar-refractivity contribution in [3.8, 4) is 11.5 Å². The van der Waals surface area contributed by atoms with Gasteiger partial charge in [-0.1, -0.05) is 54.6 Å². The second-order valence-corrected chi connectivity index (χ2v) is 6.69. The Balaban J connectivity index is 1.82. The Morgan fingerprint density at radius 3 is 1.63 bits per heavy atom. The second kappa shape index (κ2) is 9.89. The van der Waals surface area contributed by atoms with Gasteiger partial charge in [0.05, 0.1) is 0 Å². The Kier molecular flexibility index (Phi) is 7.01. The molecule has 0 amide bonds. The molecule has 3 rings (SSSR count). The summed E-state index contributed by atoms with van der Waals surface area (Å²) in [5, 5.41) is 0. The summed E-state index contributed by atoms with van der Waals surface area (Å²) in [6.07, 6.45) is 1.21. The number of carbonyl (C=O) groups is 1. The van der Waals surface area contributed by atoms with Gasteiger partial charge >= 0.3 is 0 Å². The average Bonchev–Trinajstić information content (AvgIpc) is 2.72. The van der Waals surface area contributed by atoms with E-state index in [0.29, 0.717) is 25.2 Å². The van der Waals surface area contributed by atoms with E-state index in [2.05, 4.69) is 9.24 Å². The molecule has 0 aliphatic heterocycles. The van der Waals surface area contributed by atoms with Crippen molar-refractivity contribution in [3.05, 3.63) is 95.6 Å². The highest BCUT2D eigenvalue weighted by atomic mass is 31.0. The van der Waals surface area contributed by atoms with Gasteiger partial charge in [-0.3, -0.25) is 4.79 Å². The monoisotopic (exact) mass is 378 g/mol. The van der Waals surface area contributed by atoms with Gasteiger partial charge in [-0.2, -0.15) is 0 Å². The number of ether oxygens (including phenoxy) is 2. The molecular formula is C23H23O3P. The summed E-state index contributed by atoms with van der Waals surface area (Å²) in [6, 6.07) is 25.1. The highest BCUT2D eigenvalue weighted by Gasteiger charge is 2.16. The molecule has 0 N–H and O–H groups in total. The van der Waals surface area contributed by atoms with Gasteiger partial charge in [0.25, 0.3) is 0 Å². The molecule has 0 bridgehead atoms. The number of hydrogen-bond acceptors (Lipinski definition) is 3. The number of Topliss-reactive ketones (excluding diaryl/α,β-unsaturated/α-hetero) is 1. The first kappa shape index (κ1) is 19.1. The SMILES string of the molecule is O=C(CCP)c1c(COc2ccccc2)cccc1COc1ccccc1. The van der Waals surface area contributed by atoms with Crippen molar-refractivity contribution in [2.45, 2.75) is 19.6 Å². The Bertz CT molecular complexity index is 802.